The number of hydrogen-bond acceptors (Lipinski definition) is 6. The number of carbonyl (C=O) groups excluding carboxylic acids is 3. The third kappa shape index (κ3) is 6.77. The minimum absolute atomic E-state index is 0.339. The average molecular weight is 414 g/mol. The molecule has 160 valence electrons. The Labute approximate surface area is 175 Å². The molecule has 0 fully saturated rings. The van der Waals surface area contributed by atoms with Crippen LogP contribution in [-0.2, 0) is 9.53 Å². The Bertz CT molecular complexity index is 909. The largest absolute Gasteiger partial charge is 0.494 e. The number of pyridine rings is 1. The number of anilines is 2. The molecule has 1 aromatic heterocycles. The quantitative estimate of drug-likeness (QED) is 0.668. The number of aromatic nitrogens is 1. The van der Waals surface area contributed by atoms with Crippen LogP contribution in [0, 0.1) is 0 Å². The Hall–Kier alpha value is -3.62. The molecule has 0 aliphatic heterocycles. The van der Waals surface area contributed by atoms with E-state index in [1.807, 2.05) is 0 Å². The standard InChI is InChI=1S/C21H26N4O5/c1-13(23-20(28)30-21(2,3)4)18(26)24-15-8-9-16(17(11-15)29-5)25-19(27)14-7-6-10-22-12-14/h6-13H,1-5H3,(H,23,28)(H,24,26)(H,25,27)/t13-/m1/s1. The smallest absolute Gasteiger partial charge is 0.408 e. The summed E-state index contributed by atoms with van der Waals surface area (Å²) in [6, 6.07) is 7.26. The molecule has 1 atom stereocenters. The molecule has 0 aliphatic carbocycles. The maximum absolute atomic E-state index is 12.4. The van der Waals surface area contributed by atoms with Crippen LogP contribution >= 0.6 is 0 Å². The third-order valence-electron chi connectivity index (χ3n) is 3.77. The molecule has 3 amide bonds. The molecule has 0 aliphatic rings. The molecule has 9 nitrogen and oxygen atoms in total. The average Bonchev–Trinajstić information content (AvgIpc) is 2.68. The second kappa shape index (κ2) is 9.73. The highest BCUT2D eigenvalue weighted by atomic mass is 16.6. The number of nitrogens with zero attached hydrogens (tertiary/aromatic N) is 1. The number of hydrogen-bond donors (Lipinski definition) is 3. The lowest BCUT2D eigenvalue weighted by Crippen LogP contribution is -2.43. The molecule has 2 aromatic rings. The van der Waals surface area contributed by atoms with Crippen LogP contribution in [-0.4, -0.2) is 41.6 Å². The molecule has 3 N–H and O–H groups in total. The highest BCUT2D eigenvalue weighted by Gasteiger charge is 2.21. The number of carbonyl (C=O) groups is 3. The first-order valence-corrected chi connectivity index (χ1v) is 9.29. The number of rotatable bonds is 6. The zero-order valence-electron chi connectivity index (χ0n) is 17.6. The van der Waals surface area contributed by atoms with Gasteiger partial charge in [0.1, 0.15) is 17.4 Å². The molecule has 30 heavy (non-hydrogen) atoms. The summed E-state index contributed by atoms with van der Waals surface area (Å²) >= 11 is 0. The van der Waals surface area contributed by atoms with Crippen molar-refractivity contribution in [2.45, 2.75) is 39.3 Å². The van der Waals surface area contributed by atoms with E-state index in [0.717, 1.165) is 0 Å². The number of methoxy groups -OCH3 is 1. The highest BCUT2D eigenvalue weighted by molar-refractivity contribution is 6.05. The fourth-order valence-electron chi connectivity index (χ4n) is 2.36. The summed E-state index contributed by atoms with van der Waals surface area (Å²) in [6.45, 7) is 6.74. The first-order chi connectivity index (χ1) is 14.1. The minimum atomic E-state index is -0.823. The zero-order chi connectivity index (χ0) is 22.3. The molecule has 0 radical (unpaired) electrons. The summed E-state index contributed by atoms with van der Waals surface area (Å²) in [5, 5.41) is 7.90. The van der Waals surface area contributed by atoms with E-state index in [9.17, 15) is 14.4 Å². The van der Waals surface area contributed by atoms with Crippen molar-refractivity contribution >= 4 is 29.3 Å². The van der Waals surface area contributed by atoms with E-state index < -0.39 is 23.6 Å². The highest BCUT2D eigenvalue weighted by Crippen LogP contribution is 2.28. The topological polar surface area (TPSA) is 119 Å². The zero-order valence-corrected chi connectivity index (χ0v) is 17.6. The lowest BCUT2D eigenvalue weighted by Gasteiger charge is -2.21. The molecule has 0 saturated carbocycles. The van der Waals surface area contributed by atoms with Gasteiger partial charge in [-0.25, -0.2) is 4.79 Å². The summed E-state index contributed by atoms with van der Waals surface area (Å²) in [4.78, 5) is 40.4. The molecule has 9 heteroatoms. The van der Waals surface area contributed by atoms with Crippen molar-refractivity contribution in [3.63, 3.8) is 0 Å². The van der Waals surface area contributed by atoms with Crippen LogP contribution in [0.2, 0.25) is 0 Å². The molecule has 2 rings (SSSR count). The van der Waals surface area contributed by atoms with Crippen molar-refractivity contribution in [1.29, 1.82) is 0 Å². The van der Waals surface area contributed by atoms with Gasteiger partial charge in [-0.3, -0.25) is 14.6 Å². The maximum atomic E-state index is 12.4. The van der Waals surface area contributed by atoms with Gasteiger partial charge >= 0.3 is 6.09 Å². The molecular formula is C21H26N4O5. The monoisotopic (exact) mass is 414 g/mol. The Balaban J connectivity index is 2.02. The van der Waals surface area contributed by atoms with Crippen LogP contribution in [0.25, 0.3) is 0 Å². The molecule has 1 heterocycles. The van der Waals surface area contributed by atoms with E-state index in [1.165, 1.54) is 13.3 Å². The third-order valence-corrected chi connectivity index (χ3v) is 3.77. The molecule has 0 unspecified atom stereocenters. The minimum Gasteiger partial charge on any atom is -0.494 e. The first kappa shape index (κ1) is 22.7. The number of benzene rings is 1. The summed E-state index contributed by atoms with van der Waals surface area (Å²) in [7, 11) is 1.45. The van der Waals surface area contributed by atoms with Crippen molar-refractivity contribution in [1.82, 2.24) is 10.3 Å². The first-order valence-electron chi connectivity index (χ1n) is 9.29. The van der Waals surface area contributed by atoms with E-state index in [1.54, 1.807) is 64.2 Å². The van der Waals surface area contributed by atoms with Crippen molar-refractivity contribution in [2.24, 2.45) is 0 Å². The van der Waals surface area contributed by atoms with Crippen molar-refractivity contribution < 1.29 is 23.9 Å². The van der Waals surface area contributed by atoms with Gasteiger partial charge < -0.3 is 25.4 Å². The number of ether oxygens (including phenoxy) is 2. The molecule has 1 aromatic carbocycles. The van der Waals surface area contributed by atoms with Gasteiger partial charge in [-0.15, -0.1) is 0 Å². The van der Waals surface area contributed by atoms with Crippen LogP contribution in [0.3, 0.4) is 0 Å². The van der Waals surface area contributed by atoms with Gasteiger partial charge in [0.25, 0.3) is 5.91 Å². The van der Waals surface area contributed by atoms with Gasteiger partial charge in [-0.1, -0.05) is 0 Å². The Kier molecular flexibility index (Phi) is 7.35. The Morgan fingerprint density at radius 3 is 2.43 bits per heavy atom. The van der Waals surface area contributed by atoms with Gasteiger partial charge in [0.15, 0.2) is 0 Å². The maximum Gasteiger partial charge on any atom is 0.408 e. The molecular weight excluding hydrogens is 388 g/mol. The van der Waals surface area contributed by atoms with E-state index in [0.29, 0.717) is 22.7 Å². The van der Waals surface area contributed by atoms with Crippen LogP contribution in [0.5, 0.6) is 5.75 Å². The second-order valence-corrected chi connectivity index (χ2v) is 7.47. The van der Waals surface area contributed by atoms with Gasteiger partial charge in [-0.05, 0) is 52.0 Å². The predicted octanol–water partition coefficient (Wildman–Crippen LogP) is 3.19. The summed E-state index contributed by atoms with van der Waals surface area (Å²) < 4.78 is 10.5. The van der Waals surface area contributed by atoms with Crippen LogP contribution in [0.1, 0.15) is 38.1 Å². The Morgan fingerprint density at radius 1 is 1.10 bits per heavy atom. The predicted molar refractivity (Wildman–Crippen MR) is 113 cm³/mol. The molecule has 0 spiro atoms. The fourth-order valence-corrected chi connectivity index (χ4v) is 2.36. The van der Waals surface area contributed by atoms with Gasteiger partial charge in [0.05, 0.1) is 18.4 Å². The number of alkyl carbamates (subject to hydrolysis) is 1. The molecule has 0 saturated heterocycles. The SMILES string of the molecule is COc1cc(NC(=O)[C@@H](C)NC(=O)OC(C)(C)C)ccc1NC(=O)c1cccnc1. The number of nitrogens with one attached hydrogen (secondary N) is 3. The van der Waals surface area contributed by atoms with Crippen molar-refractivity contribution in [3.05, 3.63) is 48.3 Å². The summed E-state index contributed by atoms with van der Waals surface area (Å²) in [5.74, 6) is -0.416. The fraction of sp³-hybridized carbons (Fsp3) is 0.333. The van der Waals surface area contributed by atoms with Gasteiger partial charge in [0.2, 0.25) is 5.91 Å². The van der Waals surface area contributed by atoms with Gasteiger partial charge in [-0.2, -0.15) is 0 Å². The van der Waals surface area contributed by atoms with Crippen LogP contribution in [0.4, 0.5) is 16.2 Å². The lowest BCUT2D eigenvalue weighted by atomic mass is 10.2. The van der Waals surface area contributed by atoms with E-state index in [2.05, 4.69) is 20.9 Å². The van der Waals surface area contributed by atoms with Crippen LogP contribution in [0.15, 0.2) is 42.7 Å². The van der Waals surface area contributed by atoms with Crippen molar-refractivity contribution in [2.75, 3.05) is 17.7 Å². The van der Waals surface area contributed by atoms with Gasteiger partial charge in [0, 0.05) is 24.1 Å². The summed E-state index contributed by atoms with van der Waals surface area (Å²) in [6.07, 6.45) is 2.35. The van der Waals surface area contributed by atoms with E-state index in [4.69, 9.17) is 9.47 Å². The van der Waals surface area contributed by atoms with Crippen LogP contribution < -0.4 is 20.7 Å². The summed E-state index contributed by atoms with van der Waals surface area (Å²) in [5.41, 5.74) is 0.612. The van der Waals surface area contributed by atoms with Crippen molar-refractivity contribution in [3.8, 4) is 5.75 Å². The Morgan fingerprint density at radius 2 is 1.83 bits per heavy atom. The van der Waals surface area contributed by atoms with E-state index in [-0.39, 0.29) is 5.91 Å². The normalized spacial score (nSPS) is 11.8. The molecule has 0 bridgehead atoms. The number of amides is 3. The second-order valence-electron chi connectivity index (χ2n) is 7.47. The van der Waals surface area contributed by atoms with E-state index >= 15 is 0 Å². The lowest BCUT2D eigenvalue weighted by molar-refractivity contribution is -0.117.